The fraction of sp³-hybridized carbons (Fsp3) is 0.133. The smallest absolute Gasteiger partial charge is 0.269 e. The van der Waals surface area contributed by atoms with Gasteiger partial charge in [0.1, 0.15) is 5.75 Å². The van der Waals surface area contributed by atoms with Crippen LogP contribution in [0.5, 0.6) is 5.75 Å². The molecule has 0 saturated carbocycles. The topological polar surface area (TPSA) is 81.6 Å². The van der Waals surface area contributed by atoms with Crippen LogP contribution in [0.15, 0.2) is 42.5 Å². The van der Waals surface area contributed by atoms with Crippen LogP contribution in [0.2, 0.25) is 0 Å². The van der Waals surface area contributed by atoms with Crippen molar-refractivity contribution < 1.29 is 9.53 Å². The summed E-state index contributed by atoms with van der Waals surface area (Å²) in [5.41, 5.74) is 14.4. The molecular weight excluding hydrogens is 254 g/mol. The van der Waals surface area contributed by atoms with Crippen LogP contribution >= 0.6 is 0 Å². The molecule has 0 bridgehead atoms. The van der Waals surface area contributed by atoms with Crippen molar-refractivity contribution in [3.63, 3.8) is 0 Å². The average Bonchev–Trinajstić information content (AvgIpc) is 2.47. The van der Waals surface area contributed by atoms with Crippen LogP contribution in [0.1, 0.15) is 5.56 Å². The minimum absolute atomic E-state index is 0.0176. The maximum Gasteiger partial charge on any atom is 0.269 e. The van der Waals surface area contributed by atoms with Gasteiger partial charge in [-0.15, -0.1) is 0 Å². The van der Waals surface area contributed by atoms with Crippen molar-refractivity contribution in [2.75, 3.05) is 17.2 Å². The van der Waals surface area contributed by atoms with Crippen molar-refractivity contribution in [3.8, 4) is 5.75 Å². The van der Waals surface area contributed by atoms with Gasteiger partial charge < -0.3 is 16.2 Å². The molecule has 5 heteroatoms. The highest BCUT2D eigenvalue weighted by atomic mass is 16.5. The summed E-state index contributed by atoms with van der Waals surface area (Å²) in [6, 6.07) is 12.8. The maximum absolute atomic E-state index is 12.2. The van der Waals surface area contributed by atoms with Gasteiger partial charge in [-0.1, -0.05) is 12.1 Å². The van der Waals surface area contributed by atoms with Crippen LogP contribution in [-0.2, 0) is 11.3 Å². The molecule has 3 rings (SSSR count). The lowest BCUT2D eigenvalue weighted by molar-refractivity contribution is -0.120. The van der Waals surface area contributed by atoms with Crippen molar-refractivity contribution in [2.45, 2.75) is 6.54 Å². The Bertz CT molecular complexity index is 670. The quantitative estimate of drug-likeness (QED) is 0.814. The number of nitrogens with two attached hydrogens (primary N) is 2. The lowest BCUT2D eigenvalue weighted by atomic mass is 10.1. The van der Waals surface area contributed by atoms with Gasteiger partial charge in [0.25, 0.3) is 5.91 Å². The van der Waals surface area contributed by atoms with Crippen molar-refractivity contribution in [3.05, 3.63) is 48.0 Å². The van der Waals surface area contributed by atoms with Gasteiger partial charge in [0, 0.05) is 17.9 Å². The van der Waals surface area contributed by atoms with Crippen LogP contribution < -0.4 is 21.1 Å². The molecule has 5 nitrogen and oxygen atoms in total. The van der Waals surface area contributed by atoms with Crippen molar-refractivity contribution >= 4 is 23.0 Å². The largest absolute Gasteiger partial charge is 0.482 e. The zero-order valence-corrected chi connectivity index (χ0v) is 10.9. The number of hydrogen-bond acceptors (Lipinski definition) is 4. The Morgan fingerprint density at radius 2 is 2.05 bits per heavy atom. The standard InChI is InChI=1S/C15H15N3O2/c16-8-10-2-1-3-12(6-10)18-13-7-11(17)4-5-14(13)20-9-15(18)19/h1-7H,8-9,16-17H2. The number of rotatable bonds is 2. The highest BCUT2D eigenvalue weighted by Gasteiger charge is 2.27. The summed E-state index contributed by atoms with van der Waals surface area (Å²) in [4.78, 5) is 13.8. The van der Waals surface area contributed by atoms with Gasteiger partial charge in [0.15, 0.2) is 6.61 Å². The first-order chi connectivity index (χ1) is 9.69. The first kappa shape index (κ1) is 12.5. The molecule has 0 spiro atoms. The molecule has 1 aliphatic rings. The number of fused-ring (bicyclic) bond motifs is 1. The molecule has 102 valence electrons. The van der Waals surface area contributed by atoms with E-state index in [1.54, 1.807) is 23.1 Å². The second-order valence-corrected chi connectivity index (χ2v) is 4.62. The molecule has 0 aliphatic carbocycles. The minimum Gasteiger partial charge on any atom is -0.482 e. The number of carbonyl (C=O) groups excluding carboxylic acids is 1. The van der Waals surface area contributed by atoms with E-state index in [0.717, 1.165) is 11.3 Å². The Kier molecular flexibility index (Phi) is 3.04. The molecule has 0 unspecified atom stereocenters. The number of nitrogens with zero attached hydrogens (tertiary/aromatic N) is 1. The van der Waals surface area contributed by atoms with Crippen LogP contribution in [0.3, 0.4) is 0 Å². The Morgan fingerprint density at radius 1 is 1.20 bits per heavy atom. The monoisotopic (exact) mass is 269 g/mol. The summed E-state index contributed by atoms with van der Waals surface area (Å²) in [6.45, 7) is 0.444. The molecule has 4 N–H and O–H groups in total. The lowest BCUT2D eigenvalue weighted by Gasteiger charge is -2.29. The zero-order chi connectivity index (χ0) is 14.1. The molecule has 0 saturated heterocycles. The van der Waals surface area contributed by atoms with E-state index < -0.39 is 0 Å². The summed E-state index contributed by atoms with van der Waals surface area (Å²) in [5.74, 6) is 0.522. The van der Waals surface area contributed by atoms with E-state index in [1.807, 2.05) is 24.3 Å². The number of ether oxygens (including phenoxy) is 1. The normalized spacial score (nSPS) is 13.8. The molecule has 1 aliphatic heterocycles. The summed E-state index contributed by atoms with van der Waals surface area (Å²) in [5, 5.41) is 0. The van der Waals surface area contributed by atoms with Gasteiger partial charge in [-0.2, -0.15) is 0 Å². The second-order valence-electron chi connectivity index (χ2n) is 4.62. The Hall–Kier alpha value is -2.53. The molecule has 0 radical (unpaired) electrons. The van der Waals surface area contributed by atoms with Gasteiger partial charge >= 0.3 is 0 Å². The summed E-state index contributed by atoms with van der Waals surface area (Å²) >= 11 is 0. The molecule has 1 amide bonds. The highest BCUT2D eigenvalue weighted by molar-refractivity contribution is 6.04. The zero-order valence-electron chi connectivity index (χ0n) is 10.9. The number of carbonyl (C=O) groups is 1. The maximum atomic E-state index is 12.2. The predicted molar refractivity (Wildman–Crippen MR) is 77.8 cm³/mol. The molecule has 0 aromatic heterocycles. The average molecular weight is 269 g/mol. The minimum atomic E-state index is -0.128. The number of nitrogen functional groups attached to an aromatic ring is 1. The first-order valence-electron chi connectivity index (χ1n) is 6.33. The van der Waals surface area contributed by atoms with E-state index in [9.17, 15) is 4.79 Å². The molecule has 2 aromatic rings. The number of amides is 1. The van der Waals surface area contributed by atoms with E-state index in [0.29, 0.717) is 23.7 Å². The Morgan fingerprint density at radius 3 is 2.85 bits per heavy atom. The number of anilines is 3. The van der Waals surface area contributed by atoms with Crippen molar-refractivity contribution in [1.29, 1.82) is 0 Å². The number of benzene rings is 2. The van der Waals surface area contributed by atoms with Crippen LogP contribution in [0.4, 0.5) is 17.1 Å². The molecule has 1 heterocycles. The Labute approximate surface area is 116 Å². The van der Waals surface area contributed by atoms with Crippen LogP contribution in [0, 0.1) is 0 Å². The third-order valence-electron chi connectivity index (χ3n) is 3.23. The third-order valence-corrected chi connectivity index (χ3v) is 3.23. The predicted octanol–water partition coefficient (Wildman–Crippen LogP) is 1.78. The number of hydrogen-bond donors (Lipinski definition) is 2. The third kappa shape index (κ3) is 2.08. The lowest BCUT2D eigenvalue weighted by Crippen LogP contribution is -2.35. The first-order valence-corrected chi connectivity index (χ1v) is 6.33. The van der Waals surface area contributed by atoms with Gasteiger partial charge in [-0.05, 0) is 35.9 Å². The van der Waals surface area contributed by atoms with E-state index >= 15 is 0 Å². The highest BCUT2D eigenvalue weighted by Crippen LogP contribution is 2.38. The summed E-state index contributed by atoms with van der Waals surface area (Å²) in [6.07, 6.45) is 0. The Balaban J connectivity index is 2.12. The van der Waals surface area contributed by atoms with Gasteiger partial charge in [0.2, 0.25) is 0 Å². The fourth-order valence-corrected chi connectivity index (χ4v) is 2.28. The SMILES string of the molecule is NCc1cccc(N2C(=O)COc3ccc(N)cc32)c1. The van der Waals surface area contributed by atoms with E-state index in [-0.39, 0.29) is 12.5 Å². The van der Waals surface area contributed by atoms with Gasteiger partial charge in [-0.3, -0.25) is 9.69 Å². The van der Waals surface area contributed by atoms with Crippen LogP contribution in [0.25, 0.3) is 0 Å². The van der Waals surface area contributed by atoms with E-state index in [4.69, 9.17) is 16.2 Å². The van der Waals surface area contributed by atoms with Crippen molar-refractivity contribution in [1.82, 2.24) is 0 Å². The fourth-order valence-electron chi connectivity index (χ4n) is 2.28. The van der Waals surface area contributed by atoms with Gasteiger partial charge in [0.05, 0.1) is 5.69 Å². The molecule has 2 aromatic carbocycles. The molecular formula is C15H15N3O2. The molecule has 0 atom stereocenters. The van der Waals surface area contributed by atoms with E-state index in [1.165, 1.54) is 0 Å². The van der Waals surface area contributed by atoms with E-state index in [2.05, 4.69) is 0 Å². The van der Waals surface area contributed by atoms with Crippen LogP contribution in [-0.4, -0.2) is 12.5 Å². The van der Waals surface area contributed by atoms with Gasteiger partial charge in [-0.25, -0.2) is 0 Å². The molecule has 0 fully saturated rings. The van der Waals surface area contributed by atoms with Crippen molar-refractivity contribution in [2.24, 2.45) is 5.73 Å². The summed E-state index contributed by atoms with van der Waals surface area (Å²) in [7, 11) is 0. The second kappa shape index (κ2) is 4.86. The summed E-state index contributed by atoms with van der Waals surface area (Å²) < 4.78 is 5.43. The molecule has 20 heavy (non-hydrogen) atoms.